The molecule has 1 heterocycles. The Labute approximate surface area is 123 Å². The summed E-state index contributed by atoms with van der Waals surface area (Å²) in [7, 11) is 3.27. The molecular formula is C17H16N2O2. The number of ether oxygens (including phenoxy) is 2. The zero-order chi connectivity index (χ0) is 14.8. The average Bonchev–Trinajstić information content (AvgIpc) is 2.96. The summed E-state index contributed by atoms with van der Waals surface area (Å²) in [6.45, 7) is 0. The van der Waals surface area contributed by atoms with E-state index in [2.05, 4.69) is 11.4 Å². The largest absolute Gasteiger partial charge is 0.493 e. The van der Waals surface area contributed by atoms with E-state index in [9.17, 15) is 0 Å². The van der Waals surface area contributed by atoms with Crippen LogP contribution in [-0.2, 0) is 6.42 Å². The van der Waals surface area contributed by atoms with Gasteiger partial charge in [0.05, 0.1) is 31.9 Å². The van der Waals surface area contributed by atoms with Gasteiger partial charge in [0.25, 0.3) is 0 Å². The van der Waals surface area contributed by atoms with Crippen molar-refractivity contribution in [2.45, 2.75) is 12.5 Å². The fraction of sp³-hybridized carbons (Fsp3) is 0.235. The molecule has 2 aromatic carbocycles. The van der Waals surface area contributed by atoms with Crippen LogP contribution in [0.15, 0.2) is 36.4 Å². The van der Waals surface area contributed by atoms with Gasteiger partial charge in [0.15, 0.2) is 11.5 Å². The van der Waals surface area contributed by atoms with E-state index in [-0.39, 0.29) is 6.04 Å². The molecule has 0 fully saturated rings. The van der Waals surface area contributed by atoms with Gasteiger partial charge in [0.2, 0.25) is 0 Å². The third-order valence-corrected chi connectivity index (χ3v) is 3.80. The molecule has 0 aliphatic carbocycles. The van der Waals surface area contributed by atoms with Gasteiger partial charge in [-0.05, 0) is 41.8 Å². The highest BCUT2D eigenvalue weighted by Crippen LogP contribution is 2.37. The standard InChI is InChI=1S/C17H16N2O2/c1-20-16-6-5-13(9-17(16)21-2)15-8-12-4-3-11(10-18)7-14(12)19-15/h3-7,9,15,19H,8H2,1-2H3. The monoisotopic (exact) mass is 280 g/mol. The van der Waals surface area contributed by atoms with E-state index in [1.165, 1.54) is 5.56 Å². The summed E-state index contributed by atoms with van der Waals surface area (Å²) in [6.07, 6.45) is 0.899. The SMILES string of the molecule is COc1ccc(C2Cc3ccc(C#N)cc3N2)cc1OC. The number of benzene rings is 2. The van der Waals surface area contributed by atoms with E-state index < -0.39 is 0 Å². The van der Waals surface area contributed by atoms with Crippen LogP contribution in [-0.4, -0.2) is 14.2 Å². The Morgan fingerprint density at radius 3 is 2.62 bits per heavy atom. The Morgan fingerprint density at radius 1 is 1.10 bits per heavy atom. The smallest absolute Gasteiger partial charge is 0.161 e. The Kier molecular flexibility index (Phi) is 3.41. The summed E-state index contributed by atoms with van der Waals surface area (Å²) in [4.78, 5) is 0. The number of hydrogen-bond acceptors (Lipinski definition) is 4. The zero-order valence-corrected chi connectivity index (χ0v) is 12.0. The molecule has 1 N–H and O–H groups in total. The fourth-order valence-corrected chi connectivity index (χ4v) is 2.69. The van der Waals surface area contributed by atoms with E-state index in [1.807, 2.05) is 36.4 Å². The molecule has 4 heteroatoms. The highest BCUT2D eigenvalue weighted by Gasteiger charge is 2.23. The van der Waals surface area contributed by atoms with Crippen molar-refractivity contribution in [2.75, 3.05) is 19.5 Å². The lowest BCUT2D eigenvalue weighted by atomic mass is 10.0. The Morgan fingerprint density at radius 2 is 1.90 bits per heavy atom. The minimum atomic E-state index is 0.189. The van der Waals surface area contributed by atoms with Crippen molar-refractivity contribution in [2.24, 2.45) is 0 Å². The van der Waals surface area contributed by atoms with Crippen LogP contribution in [0.3, 0.4) is 0 Å². The maximum absolute atomic E-state index is 8.97. The van der Waals surface area contributed by atoms with Crippen molar-refractivity contribution in [1.82, 2.24) is 0 Å². The minimum absolute atomic E-state index is 0.189. The maximum atomic E-state index is 8.97. The quantitative estimate of drug-likeness (QED) is 0.937. The Hall–Kier alpha value is -2.67. The molecule has 3 rings (SSSR count). The van der Waals surface area contributed by atoms with Crippen LogP contribution in [0, 0.1) is 11.3 Å². The lowest BCUT2D eigenvalue weighted by molar-refractivity contribution is 0.354. The Bertz CT molecular complexity index is 719. The van der Waals surface area contributed by atoms with Crippen LogP contribution >= 0.6 is 0 Å². The topological polar surface area (TPSA) is 54.3 Å². The van der Waals surface area contributed by atoms with Gasteiger partial charge in [0.1, 0.15) is 0 Å². The summed E-state index contributed by atoms with van der Waals surface area (Å²) >= 11 is 0. The van der Waals surface area contributed by atoms with Gasteiger partial charge in [-0.15, -0.1) is 0 Å². The molecule has 0 saturated carbocycles. The maximum Gasteiger partial charge on any atom is 0.161 e. The number of nitrogens with one attached hydrogen (secondary N) is 1. The summed E-state index contributed by atoms with van der Waals surface area (Å²) in [6, 6.07) is 14.1. The average molecular weight is 280 g/mol. The summed E-state index contributed by atoms with van der Waals surface area (Å²) in [5.74, 6) is 1.45. The zero-order valence-electron chi connectivity index (χ0n) is 12.0. The predicted molar refractivity (Wildman–Crippen MR) is 80.8 cm³/mol. The lowest BCUT2D eigenvalue weighted by Gasteiger charge is -2.15. The summed E-state index contributed by atoms with van der Waals surface area (Å²) in [5.41, 5.74) is 4.08. The van der Waals surface area contributed by atoms with Crippen LogP contribution < -0.4 is 14.8 Å². The van der Waals surface area contributed by atoms with E-state index in [0.717, 1.165) is 29.2 Å². The van der Waals surface area contributed by atoms with E-state index in [0.29, 0.717) is 5.56 Å². The van der Waals surface area contributed by atoms with Gasteiger partial charge in [-0.25, -0.2) is 0 Å². The number of anilines is 1. The number of methoxy groups -OCH3 is 2. The highest BCUT2D eigenvalue weighted by atomic mass is 16.5. The third-order valence-electron chi connectivity index (χ3n) is 3.80. The number of hydrogen-bond donors (Lipinski definition) is 1. The molecule has 0 bridgehead atoms. The second kappa shape index (κ2) is 5.37. The van der Waals surface area contributed by atoms with Crippen LogP contribution in [0.25, 0.3) is 0 Å². The number of rotatable bonds is 3. The first kappa shape index (κ1) is 13.3. The molecule has 0 saturated heterocycles. The first-order valence-corrected chi connectivity index (χ1v) is 6.76. The van der Waals surface area contributed by atoms with Gasteiger partial charge in [-0.2, -0.15) is 5.26 Å². The number of fused-ring (bicyclic) bond motifs is 1. The van der Waals surface area contributed by atoms with Crippen LogP contribution in [0.5, 0.6) is 11.5 Å². The van der Waals surface area contributed by atoms with Crippen molar-refractivity contribution in [1.29, 1.82) is 5.26 Å². The number of nitrogens with zero attached hydrogens (tertiary/aromatic N) is 1. The van der Waals surface area contributed by atoms with Gasteiger partial charge in [-0.1, -0.05) is 12.1 Å². The second-order valence-corrected chi connectivity index (χ2v) is 5.00. The van der Waals surface area contributed by atoms with E-state index in [1.54, 1.807) is 14.2 Å². The summed E-state index contributed by atoms with van der Waals surface area (Å²) in [5, 5.41) is 12.4. The molecule has 0 amide bonds. The third kappa shape index (κ3) is 2.38. The van der Waals surface area contributed by atoms with E-state index in [4.69, 9.17) is 14.7 Å². The molecule has 1 aliphatic rings. The van der Waals surface area contributed by atoms with Gasteiger partial charge in [-0.3, -0.25) is 0 Å². The van der Waals surface area contributed by atoms with Crippen molar-refractivity contribution < 1.29 is 9.47 Å². The molecule has 21 heavy (non-hydrogen) atoms. The second-order valence-electron chi connectivity index (χ2n) is 5.00. The van der Waals surface area contributed by atoms with E-state index >= 15 is 0 Å². The summed E-state index contributed by atoms with van der Waals surface area (Å²) < 4.78 is 10.6. The van der Waals surface area contributed by atoms with Gasteiger partial charge < -0.3 is 14.8 Å². The van der Waals surface area contributed by atoms with Crippen LogP contribution in [0.1, 0.15) is 22.7 Å². The van der Waals surface area contributed by atoms with Crippen LogP contribution in [0.2, 0.25) is 0 Å². The predicted octanol–water partition coefficient (Wildman–Crippen LogP) is 3.28. The lowest BCUT2D eigenvalue weighted by Crippen LogP contribution is -2.06. The molecule has 0 aromatic heterocycles. The Balaban J connectivity index is 1.89. The molecule has 2 aromatic rings. The van der Waals surface area contributed by atoms with Gasteiger partial charge in [0, 0.05) is 5.69 Å². The molecule has 1 atom stereocenters. The highest BCUT2D eigenvalue weighted by molar-refractivity contribution is 5.61. The fourth-order valence-electron chi connectivity index (χ4n) is 2.69. The van der Waals surface area contributed by atoms with Crippen molar-refractivity contribution in [3.05, 3.63) is 53.1 Å². The molecule has 4 nitrogen and oxygen atoms in total. The first-order valence-electron chi connectivity index (χ1n) is 6.76. The van der Waals surface area contributed by atoms with Crippen molar-refractivity contribution in [3.63, 3.8) is 0 Å². The molecule has 0 spiro atoms. The molecule has 1 aliphatic heterocycles. The normalized spacial score (nSPS) is 15.8. The molecule has 0 radical (unpaired) electrons. The first-order chi connectivity index (χ1) is 10.2. The molecule has 1 unspecified atom stereocenters. The number of nitriles is 1. The van der Waals surface area contributed by atoms with Crippen LogP contribution in [0.4, 0.5) is 5.69 Å². The molecule has 106 valence electrons. The molecular weight excluding hydrogens is 264 g/mol. The van der Waals surface area contributed by atoms with Crippen molar-refractivity contribution >= 4 is 5.69 Å². The van der Waals surface area contributed by atoms with Crippen molar-refractivity contribution in [3.8, 4) is 17.6 Å². The minimum Gasteiger partial charge on any atom is -0.493 e. The van der Waals surface area contributed by atoms with Gasteiger partial charge >= 0.3 is 0 Å².